The average molecular weight is 255 g/mol. The molecule has 0 spiro atoms. The van der Waals surface area contributed by atoms with E-state index in [1.165, 1.54) is 13.2 Å². The van der Waals surface area contributed by atoms with Gasteiger partial charge in [0.15, 0.2) is 0 Å². The van der Waals surface area contributed by atoms with E-state index in [0.29, 0.717) is 5.57 Å². The van der Waals surface area contributed by atoms with Crippen LogP contribution >= 0.6 is 0 Å². The molecule has 0 aliphatic carbocycles. The third-order valence-electron chi connectivity index (χ3n) is 2.19. The minimum absolute atomic E-state index is 0.311. The summed E-state index contributed by atoms with van der Waals surface area (Å²) in [5.74, 6) is -0.311. The first-order chi connectivity index (χ1) is 9.10. The standard InChI is InChI=1S/C13H14O2.C3H3N/c1-4-11-7-5-6-8-12(11)9-10(2)13(14)15-3;1-2-3-4/h4-9H,1H2,2-3H3;2H,1H2/b10-9+;. The monoisotopic (exact) mass is 255 g/mol. The van der Waals surface area contributed by atoms with E-state index >= 15 is 0 Å². The van der Waals surface area contributed by atoms with Gasteiger partial charge in [0.1, 0.15) is 0 Å². The predicted octanol–water partition coefficient (Wildman–Crippen LogP) is 3.60. The van der Waals surface area contributed by atoms with Crippen LogP contribution in [-0.4, -0.2) is 13.1 Å². The van der Waals surface area contributed by atoms with Crippen LogP contribution in [-0.2, 0) is 9.53 Å². The fourth-order valence-electron chi connectivity index (χ4n) is 1.28. The molecule has 0 aliphatic heterocycles. The zero-order valence-corrected chi connectivity index (χ0v) is 11.2. The van der Waals surface area contributed by atoms with Crippen molar-refractivity contribution in [2.75, 3.05) is 7.11 Å². The average Bonchev–Trinajstić information content (AvgIpc) is 2.47. The molecule has 0 heterocycles. The largest absolute Gasteiger partial charge is 0.466 e. The topological polar surface area (TPSA) is 50.1 Å². The van der Waals surface area contributed by atoms with Crippen molar-refractivity contribution in [3.63, 3.8) is 0 Å². The molecule has 0 saturated carbocycles. The molecule has 19 heavy (non-hydrogen) atoms. The van der Waals surface area contributed by atoms with Crippen LogP contribution in [0.25, 0.3) is 12.2 Å². The zero-order valence-electron chi connectivity index (χ0n) is 11.2. The number of carbonyl (C=O) groups is 1. The van der Waals surface area contributed by atoms with Crippen molar-refractivity contribution in [1.82, 2.24) is 0 Å². The summed E-state index contributed by atoms with van der Waals surface area (Å²) < 4.78 is 4.62. The Labute approximate surface area is 114 Å². The number of hydrogen-bond donors (Lipinski definition) is 0. The quantitative estimate of drug-likeness (QED) is 0.471. The number of methoxy groups -OCH3 is 1. The van der Waals surface area contributed by atoms with Crippen LogP contribution in [0.2, 0.25) is 0 Å². The van der Waals surface area contributed by atoms with E-state index in [2.05, 4.69) is 17.9 Å². The number of allylic oxidation sites excluding steroid dienone is 1. The molecule has 0 radical (unpaired) electrons. The number of benzene rings is 1. The molecule has 3 heteroatoms. The lowest BCUT2D eigenvalue weighted by molar-refractivity contribution is -0.135. The highest BCUT2D eigenvalue weighted by Crippen LogP contribution is 2.14. The van der Waals surface area contributed by atoms with Crippen LogP contribution in [0.5, 0.6) is 0 Å². The molecule has 0 unspecified atom stereocenters. The normalized spacial score (nSPS) is 9.42. The van der Waals surface area contributed by atoms with Crippen LogP contribution in [0, 0.1) is 11.3 Å². The molecule has 1 rings (SSSR count). The van der Waals surface area contributed by atoms with Crippen molar-refractivity contribution < 1.29 is 9.53 Å². The van der Waals surface area contributed by atoms with E-state index in [-0.39, 0.29) is 5.97 Å². The lowest BCUT2D eigenvalue weighted by atomic mass is 10.1. The molecular weight excluding hydrogens is 238 g/mol. The van der Waals surface area contributed by atoms with Gasteiger partial charge in [-0.3, -0.25) is 0 Å². The first-order valence-corrected chi connectivity index (χ1v) is 5.59. The lowest BCUT2D eigenvalue weighted by Crippen LogP contribution is -2.01. The van der Waals surface area contributed by atoms with Gasteiger partial charge >= 0.3 is 5.97 Å². The maximum absolute atomic E-state index is 11.2. The molecule has 0 aromatic heterocycles. The Bertz CT molecular complexity index is 522. The SMILES string of the molecule is C=CC#N.C=Cc1ccccc1/C=C(\C)C(=O)OC. The molecule has 98 valence electrons. The van der Waals surface area contributed by atoms with Gasteiger partial charge in [0, 0.05) is 11.6 Å². The molecule has 1 aromatic carbocycles. The van der Waals surface area contributed by atoms with Crippen LogP contribution in [0.3, 0.4) is 0 Å². The van der Waals surface area contributed by atoms with E-state index in [4.69, 9.17) is 5.26 Å². The van der Waals surface area contributed by atoms with Gasteiger partial charge < -0.3 is 4.74 Å². The first kappa shape index (κ1) is 16.4. The summed E-state index contributed by atoms with van der Waals surface area (Å²) >= 11 is 0. The maximum atomic E-state index is 11.2. The predicted molar refractivity (Wildman–Crippen MR) is 78.0 cm³/mol. The summed E-state index contributed by atoms with van der Waals surface area (Å²) in [6.07, 6.45) is 4.74. The fourth-order valence-corrected chi connectivity index (χ4v) is 1.28. The van der Waals surface area contributed by atoms with Crippen molar-refractivity contribution in [3.05, 3.63) is 60.2 Å². The zero-order chi connectivity index (χ0) is 14.7. The molecule has 0 atom stereocenters. The van der Waals surface area contributed by atoms with Crippen LogP contribution in [0.4, 0.5) is 0 Å². The van der Waals surface area contributed by atoms with Gasteiger partial charge in [-0.2, -0.15) is 5.26 Å². The molecule has 0 fully saturated rings. The van der Waals surface area contributed by atoms with Gasteiger partial charge in [-0.1, -0.05) is 43.5 Å². The molecule has 0 N–H and O–H groups in total. The van der Waals surface area contributed by atoms with Crippen molar-refractivity contribution in [1.29, 1.82) is 5.26 Å². The van der Waals surface area contributed by atoms with Crippen LogP contribution in [0.1, 0.15) is 18.1 Å². The number of ether oxygens (including phenoxy) is 1. The molecule has 1 aromatic rings. The highest BCUT2D eigenvalue weighted by molar-refractivity contribution is 5.93. The smallest absolute Gasteiger partial charge is 0.333 e. The van der Waals surface area contributed by atoms with Crippen molar-refractivity contribution >= 4 is 18.1 Å². The summed E-state index contributed by atoms with van der Waals surface area (Å²) in [5, 5.41) is 7.51. The Morgan fingerprint density at radius 2 is 1.84 bits per heavy atom. The second-order valence-corrected chi connectivity index (χ2v) is 3.49. The Balaban J connectivity index is 0.000000711. The molecule has 0 saturated heterocycles. The number of esters is 1. The van der Waals surface area contributed by atoms with E-state index < -0.39 is 0 Å². The Hall–Kier alpha value is -2.60. The van der Waals surface area contributed by atoms with Gasteiger partial charge in [-0.25, -0.2) is 4.79 Å². The molecule has 0 aliphatic rings. The number of nitriles is 1. The Kier molecular flexibility index (Phi) is 8.14. The van der Waals surface area contributed by atoms with Crippen molar-refractivity contribution in [3.8, 4) is 6.07 Å². The summed E-state index contributed by atoms with van der Waals surface area (Å²) in [6.45, 7) is 8.56. The van der Waals surface area contributed by atoms with E-state index in [1.54, 1.807) is 25.1 Å². The van der Waals surface area contributed by atoms with Crippen LogP contribution in [0.15, 0.2) is 49.1 Å². The summed E-state index contributed by atoms with van der Waals surface area (Å²) in [7, 11) is 1.37. The van der Waals surface area contributed by atoms with Crippen molar-refractivity contribution in [2.24, 2.45) is 0 Å². The number of hydrogen-bond acceptors (Lipinski definition) is 3. The first-order valence-electron chi connectivity index (χ1n) is 5.59. The highest BCUT2D eigenvalue weighted by atomic mass is 16.5. The summed E-state index contributed by atoms with van der Waals surface area (Å²) in [5.41, 5.74) is 2.54. The van der Waals surface area contributed by atoms with Crippen LogP contribution < -0.4 is 0 Å². The van der Waals surface area contributed by atoms with E-state index in [0.717, 1.165) is 11.1 Å². The minimum Gasteiger partial charge on any atom is -0.466 e. The highest BCUT2D eigenvalue weighted by Gasteiger charge is 2.03. The van der Waals surface area contributed by atoms with E-state index in [1.807, 2.05) is 24.3 Å². The second kappa shape index (κ2) is 9.43. The third-order valence-corrected chi connectivity index (χ3v) is 2.19. The van der Waals surface area contributed by atoms with Gasteiger partial charge in [0.2, 0.25) is 0 Å². The van der Waals surface area contributed by atoms with Crippen molar-refractivity contribution in [2.45, 2.75) is 6.92 Å². The summed E-state index contributed by atoms with van der Waals surface area (Å²) in [6, 6.07) is 9.43. The second-order valence-electron chi connectivity index (χ2n) is 3.49. The number of carbonyl (C=O) groups excluding carboxylic acids is 1. The summed E-state index contributed by atoms with van der Waals surface area (Å²) in [4.78, 5) is 11.2. The maximum Gasteiger partial charge on any atom is 0.333 e. The number of nitrogens with zero attached hydrogens (tertiary/aromatic N) is 1. The molecular formula is C16H17NO2. The Morgan fingerprint density at radius 1 is 1.32 bits per heavy atom. The van der Waals surface area contributed by atoms with E-state index in [9.17, 15) is 4.79 Å². The molecule has 0 amide bonds. The lowest BCUT2D eigenvalue weighted by Gasteiger charge is -2.02. The van der Waals surface area contributed by atoms with Gasteiger partial charge in [-0.15, -0.1) is 0 Å². The molecule has 0 bridgehead atoms. The fraction of sp³-hybridized carbons (Fsp3) is 0.125. The number of rotatable bonds is 3. The minimum atomic E-state index is -0.311. The van der Waals surface area contributed by atoms with Gasteiger partial charge in [0.25, 0.3) is 0 Å². The third kappa shape index (κ3) is 6.04. The van der Waals surface area contributed by atoms with Gasteiger partial charge in [-0.05, 0) is 24.1 Å². The molecule has 3 nitrogen and oxygen atoms in total. The van der Waals surface area contributed by atoms with Gasteiger partial charge in [0.05, 0.1) is 13.2 Å². The Morgan fingerprint density at radius 3 is 2.26 bits per heavy atom.